The number of fused-ring (bicyclic) bond motifs is 1. The molecular formula is C25H24N6O3S. The second kappa shape index (κ2) is 10.1. The Kier molecular flexibility index (Phi) is 6.53. The zero-order valence-corrected chi connectivity index (χ0v) is 19.9. The Morgan fingerprint density at radius 3 is 2.74 bits per heavy atom. The van der Waals surface area contributed by atoms with Crippen LogP contribution < -0.4 is 14.8 Å². The van der Waals surface area contributed by atoms with Crippen LogP contribution in [0, 0.1) is 6.92 Å². The fourth-order valence-corrected chi connectivity index (χ4v) is 4.51. The molecule has 0 aliphatic carbocycles. The Bertz CT molecular complexity index is 1350. The van der Waals surface area contributed by atoms with Crippen molar-refractivity contribution in [3.63, 3.8) is 0 Å². The van der Waals surface area contributed by atoms with Crippen molar-refractivity contribution >= 4 is 23.5 Å². The van der Waals surface area contributed by atoms with Gasteiger partial charge in [-0.1, -0.05) is 48.2 Å². The van der Waals surface area contributed by atoms with Crippen LogP contribution >= 0.6 is 11.8 Å². The molecule has 1 amide bonds. The second-order valence-electron chi connectivity index (χ2n) is 7.86. The predicted octanol–water partition coefficient (Wildman–Crippen LogP) is 4.20. The molecule has 0 radical (unpaired) electrons. The maximum absolute atomic E-state index is 12.8. The summed E-state index contributed by atoms with van der Waals surface area (Å²) in [6.45, 7) is 6.53. The van der Waals surface area contributed by atoms with Gasteiger partial charge >= 0.3 is 0 Å². The monoisotopic (exact) mass is 488 g/mol. The predicted molar refractivity (Wildman–Crippen MR) is 133 cm³/mol. The highest BCUT2D eigenvalue weighted by molar-refractivity contribution is 7.99. The summed E-state index contributed by atoms with van der Waals surface area (Å²) in [6, 6.07) is 19.0. The maximum atomic E-state index is 12.8. The van der Waals surface area contributed by atoms with Crippen LogP contribution in [0.5, 0.6) is 11.5 Å². The number of aryl methyl sites for hydroxylation is 1. The summed E-state index contributed by atoms with van der Waals surface area (Å²) < 4.78 is 15.5. The topological polar surface area (TPSA) is 96.1 Å². The number of hydrogen-bond acceptors (Lipinski definition) is 7. The number of anilines is 1. The molecule has 1 aliphatic rings. The van der Waals surface area contributed by atoms with Crippen LogP contribution in [-0.2, 0) is 11.3 Å². The van der Waals surface area contributed by atoms with E-state index in [1.807, 2.05) is 72.2 Å². The summed E-state index contributed by atoms with van der Waals surface area (Å²) >= 11 is 1.30. The Morgan fingerprint density at radius 2 is 1.94 bits per heavy atom. The van der Waals surface area contributed by atoms with Gasteiger partial charge in [-0.15, -0.1) is 16.8 Å². The average Bonchev–Trinajstić information content (AvgIpc) is 3.46. The zero-order chi connectivity index (χ0) is 24.2. The van der Waals surface area contributed by atoms with Gasteiger partial charge in [0.15, 0.2) is 28.6 Å². The molecule has 3 heterocycles. The highest BCUT2D eigenvalue weighted by atomic mass is 32.2. The van der Waals surface area contributed by atoms with Gasteiger partial charge in [-0.2, -0.15) is 5.10 Å². The number of rotatable bonds is 8. The van der Waals surface area contributed by atoms with Crippen molar-refractivity contribution in [1.82, 2.24) is 24.5 Å². The van der Waals surface area contributed by atoms with Crippen LogP contribution in [0.15, 0.2) is 78.5 Å². The fraction of sp³-hybridized carbons (Fsp3) is 0.200. The summed E-state index contributed by atoms with van der Waals surface area (Å²) in [6.07, 6.45) is 1.35. The van der Waals surface area contributed by atoms with Crippen LogP contribution in [0.2, 0.25) is 0 Å². The standard InChI is InChI=1S/C25H24N6O3S/c1-3-13-30-24(21-15-33-19-11-7-8-12-20(19)34-21)27-28-25(30)35-16-23(32)26-22-14-17(2)29-31(22)18-9-5-4-6-10-18/h3-12,14,21H,1,13,15-16H2,2H3,(H,26,32)/t21-/m0/s1. The molecule has 0 saturated carbocycles. The van der Waals surface area contributed by atoms with E-state index in [4.69, 9.17) is 9.47 Å². The molecule has 9 nitrogen and oxygen atoms in total. The summed E-state index contributed by atoms with van der Waals surface area (Å²) in [5.41, 5.74) is 1.68. The molecule has 2 aromatic heterocycles. The lowest BCUT2D eigenvalue weighted by molar-refractivity contribution is -0.113. The smallest absolute Gasteiger partial charge is 0.236 e. The van der Waals surface area contributed by atoms with E-state index in [0.717, 1.165) is 11.4 Å². The van der Waals surface area contributed by atoms with E-state index in [9.17, 15) is 4.79 Å². The Balaban J connectivity index is 1.28. The number of carbonyl (C=O) groups is 1. The minimum Gasteiger partial charge on any atom is -0.485 e. The average molecular weight is 489 g/mol. The van der Waals surface area contributed by atoms with Gasteiger partial charge in [0.2, 0.25) is 5.91 Å². The summed E-state index contributed by atoms with van der Waals surface area (Å²) in [5, 5.41) is 16.7. The number of hydrogen-bond donors (Lipinski definition) is 1. The first-order valence-corrected chi connectivity index (χ1v) is 12.1. The number of para-hydroxylation sites is 3. The van der Waals surface area contributed by atoms with Gasteiger partial charge in [-0.05, 0) is 31.2 Å². The van der Waals surface area contributed by atoms with Gasteiger partial charge in [0.05, 0.1) is 17.1 Å². The molecule has 0 fully saturated rings. The van der Waals surface area contributed by atoms with Crippen LogP contribution in [0.3, 0.4) is 0 Å². The molecule has 0 bridgehead atoms. The number of amides is 1. The summed E-state index contributed by atoms with van der Waals surface area (Å²) in [7, 11) is 0. The Labute approximate surface area is 206 Å². The first-order chi connectivity index (χ1) is 17.1. The SMILES string of the molecule is C=CCn1c(SCC(=O)Nc2cc(C)nn2-c2ccccc2)nnc1[C@@H]1COc2ccccc2O1. The van der Waals surface area contributed by atoms with Gasteiger partial charge in [-0.3, -0.25) is 9.36 Å². The molecule has 4 aromatic rings. The van der Waals surface area contributed by atoms with E-state index >= 15 is 0 Å². The lowest BCUT2D eigenvalue weighted by Crippen LogP contribution is -2.25. The lowest BCUT2D eigenvalue weighted by atomic mass is 10.2. The third kappa shape index (κ3) is 4.92. The fourth-order valence-electron chi connectivity index (χ4n) is 3.76. The minimum absolute atomic E-state index is 0.152. The molecule has 1 atom stereocenters. The van der Waals surface area contributed by atoms with Gasteiger partial charge in [-0.25, -0.2) is 4.68 Å². The number of aromatic nitrogens is 5. The van der Waals surface area contributed by atoms with Gasteiger partial charge in [0, 0.05) is 12.6 Å². The highest BCUT2D eigenvalue weighted by Gasteiger charge is 2.28. The molecule has 0 unspecified atom stereocenters. The third-order valence-corrected chi connectivity index (χ3v) is 6.25. The number of nitrogens with one attached hydrogen (secondary N) is 1. The van der Waals surface area contributed by atoms with Crippen LogP contribution in [0.25, 0.3) is 5.69 Å². The molecule has 5 rings (SSSR count). The normalized spacial score (nSPS) is 14.5. The van der Waals surface area contributed by atoms with E-state index < -0.39 is 6.10 Å². The molecule has 2 aromatic carbocycles. The first kappa shape index (κ1) is 22.7. The molecule has 1 aliphatic heterocycles. The molecule has 0 saturated heterocycles. The minimum atomic E-state index is -0.413. The van der Waals surface area contributed by atoms with E-state index in [0.29, 0.717) is 41.4 Å². The zero-order valence-electron chi connectivity index (χ0n) is 19.1. The molecule has 178 valence electrons. The summed E-state index contributed by atoms with van der Waals surface area (Å²) in [5.74, 6) is 2.58. The van der Waals surface area contributed by atoms with Crippen LogP contribution in [0.1, 0.15) is 17.6 Å². The maximum Gasteiger partial charge on any atom is 0.236 e. The largest absolute Gasteiger partial charge is 0.485 e. The van der Waals surface area contributed by atoms with E-state index in [1.54, 1.807) is 10.8 Å². The van der Waals surface area contributed by atoms with Gasteiger partial charge in [0.1, 0.15) is 12.4 Å². The summed E-state index contributed by atoms with van der Waals surface area (Å²) in [4.78, 5) is 12.8. The van der Waals surface area contributed by atoms with Crippen molar-refractivity contribution in [2.75, 3.05) is 17.7 Å². The number of benzene rings is 2. The Hall–Kier alpha value is -4.05. The molecular weight excluding hydrogens is 464 g/mol. The quantitative estimate of drug-likeness (QED) is 0.293. The first-order valence-electron chi connectivity index (χ1n) is 11.1. The van der Waals surface area contributed by atoms with Crippen molar-refractivity contribution in [1.29, 1.82) is 0 Å². The van der Waals surface area contributed by atoms with Gasteiger partial charge in [0.25, 0.3) is 0 Å². The van der Waals surface area contributed by atoms with Crippen molar-refractivity contribution in [2.45, 2.75) is 24.7 Å². The third-order valence-electron chi connectivity index (χ3n) is 5.29. The molecule has 1 N–H and O–H groups in total. The molecule has 0 spiro atoms. The number of thioether (sulfide) groups is 1. The van der Waals surface area contributed by atoms with E-state index in [-0.39, 0.29) is 11.7 Å². The molecule has 35 heavy (non-hydrogen) atoms. The van der Waals surface area contributed by atoms with E-state index in [1.165, 1.54) is 11.8 Å². The van der Waals surface area contributed by atoms with Crippen LogP contribution in [-0.4, -0.2) is 42.8 Å². The van der Waals surface area contributed by atoms with Crippen molar-refractivity contribution < 1.29 is 14.3 Å². The number of ether oxygens (including phenoxy) is 2. The van der Waals surface area contributed by atoms with Gasteiger partial charge < -0.3 is 14.8 Å². The van der Waals surface area contributed by atoms with Crippen molar-refractivity contribution in [3.05, 3.63) is 84.8 Å². The Morgan fingerprint density at radius 1 is 1.17 bits per heavy atom. The number of allylic oxidation sites excluding steroid dienone is 1. The lowest BCUT2D eigenvalue weighted by Gasteiger charge is -2.26. The molecule has 10 heteroatoms. The highest BCUT2D eigenvalue weighted by Crippen LogP contribution is 2.36. The van der Waals surface area contributed by atoms with Crippen LogP contribution in [0.4, 0.5) is 5.82 Å². The second-order valence-corrected chi connectivity index (χ2v) is 8.80. The number of nitrogens with zero attached hydrogens (tertiary/aromatic N) is 5. The van der Waals surface area contributed by atoms with Crippen molar-refractivity contribution in [3.8, 4) is 17.2 Å². The van der Waals surface area contributed by atoms with E-state index in [2.05, 4.69) is 27.2 Å². The van der Waals surface area contributed by atoms with Crippen molar-refractivity contribution in [2.24, 2.45) is 0 Å². The number of carbonyl (C=O) groups excluding carboxylic acids is 1.